The van der Waals surface area contributed by atoms with Gasteiger partial charge in [0.05, 0.1) is 25.0 Å². The molecule has 0 radical (unpaired) electrons. The molecule has 4 atom stereocenters. The van der Waals surface area contributed by atoms with E-state index < -0.39 is 53.3 Å². The number of carboxylic acid groups (broad SMARTS) is 1. The number of rotatable bonds is 10. The van der Waals surface area contributed by atoms with E-state index >= 15 is 0 Å². The molecule has 0 aromatic heterocycles. The number of carbonyl (C=O) groups excluding carboxylic acids is 2. The first-order valence-electron chi connectivity index (χ1n) is 11.9. The normalized spacial score (nSPS) is 25.4. The molecule has 8 nitrogen and oxygen atoms in total. The van der Waals surface area contributed by atoms with Crippen molar-refractivity contribution in [3.63, 3.8) is 0 Å². The second kappa shape index (κ2) is 10.5. The highest BCUT2D eigenvalue weighted by Gasteiger charge is 2.68. The van der Waals surface area contributed by atoms with E-state index in [0.29, 0.717) is 12.2 Å². The fraction of sp³-hybridized carbons (Fsp3) is 0.423. The van der Waals surface area contributed by atoms with Crippen molar-refractivity contribution in [3.8, 4) is 5.75 Å². The fourth-order valence-corrected chi connectivity index (χ4v) is 5.23. The zero-order chi connectivity index (χ0) is 26.8. The van der Waals surface area contributed by atoms with Gasteiger partial charge in [0, 0.05) is 19.1 Å². The molecule has 0 bridgehead atoms. The Morgan fingerprint density at radius 3 is 2.46 bits per heavy atom. The lowest BCUT2D eigenvalue weighted by Gasteiger charge is -2.31. The number of fused-ring (bicyclic) bond motifs is 1. The minimum Gasteiger partial charge on any atom is -0.480 e. The van der Waals surface area contributed by atoms with Gasteiger partial charge in [0.25, 0.3) is 0 Å². The second-order valence-corrected chi connectivity index (χ2v) is 9.13. The Kier molecular flexibility index (Phi) is 7.56. The second-order valence-electron chi connectivity index (χ2n) is 9.13. The summed E-state index contributed by atoms with van der Waals surface area (Å²) >= 11 is 0. The van der Waals surface area contributed by atoms with Crippen molar-refractivity contribution < 1.29 is 42.1 Å². The highest BCUT2D eigenvalue weighted by Crippen LogP contribution is 2.50. The molecule has 2 saturated heterocycles. The molecule has 0 spiro atoms. The minimum atomic E-state index is -4.93. The number of amides is 2. The van der Waals surface area contributed by atoms with E-state index in [1.165, 1.54) is 12.1 Å². The number of ether oxygens (including phenoxy) is 2. The summed E-state index contributed by atoms with van der Waals surface area (Å²) in [6.45, 7) is 2.40. The molecular formula is C26H27F3N2O6. The Balaban J connectivity index is 1.75. The van der Waals surface area contributed by atoms with Gasteiger partial charge in [0.15, 0.2) is 0 Å². The SMILES string of the molecule is CCCOCCN1C(=O)C2C(c3cccc(OC(F)(F)F)c3)NC(Cc3ccccc3)(C(=O)O)C2C1=O. The average molecular weight is 521 g/mol. The monoisotopic (exact) mass is 520 g/mol. The first kappa shape index (κ1) is 26.6. The van der Waals surface area contributed by atoms with Crippen LogP contribution in [-0.2, 0) is 25.5 Å². The topological polar surface area (TPSA) is 105 Å². The van der Waals surface area contributed by atoms with Gasteiger partial charge in [-0.05, 0) is 29.7 Å². The van der Waals surface area contributed by atoms with Gasteiger partial charge in [-0.25, -0.2) is 0 Å². The number of hydrogen-bond donors (Lipinski definition) is 2. The number of imide groups is 1. The van der Waals surface area contributed by atoms with Crippen LogP contribution >= 0.6 is 0 Å². The van der Waals surface area contributed by atoms with Crippen molar-refractivity contribution in [1.29, 1.82) is 0 Å². The number of likely N-dealkylation sites (tertiary alicyclic amines) is 1. The maximum absolute atomic E-state index is 13.6. The van der Waals surface area contributed by atoms with Crippen molar-refractivity contribution in [2.24, 2.45) is 11.8 Å². The number of nitrogens with zero attached hydrogens (tertiary/aromatic N) is 1. The van der Waals surface area contributed by atoms with Gasteiger partial charge in [0.2, 0.25) is 11.8 Å². The molecule has 37 heavy (non-hydrogen) atoms. The lowest BCUT2D eigenvalue weighted by Crippen LogP contribution is -2.57. The maximum Gasteiger partial charge on any atom is 0.573 e. The average Bonchev–Trinajstić information content (AvgIpc) is 3.31. The van der Waals surface area contributed by atoms with Crippen LogP contribution in [0.25, 0.3) is 0 Å². The molecule has 2 amide bonds. The van der Waals surface area contributed by atoms with Crippen molar-refractivity contribution in [2.75, 3.05) is 19.8 Å². The molecule has 2 fully saturated rings. The minimum absolute atomic E-state index is 0.0460. The molecule has 0 aliphatic carbocycles. The molecule has 0 saturated carbocycles. The molecule has 198 valence electrons. The van der Waals surface area contributed by atoms with Gasteiger partial charge < -0.3 is 14.6 Å². The highest BCUT2D eigenvalue weighted by molar-refractivity contribution is 6.09. The third kappa shape index (κ3) is 5.33. The number of hydrogen-bond acceptors (Lipinski definition) is 6. The first-order valence-corrected chi connectivity index (χ1v) is 11.9. The van der Waals surface area contributed by atoms with Gasteiger partial charge in [0.1, 0.15) is 11.3 Å². The number of aliphatic carboxylic acids is 1. The summed E-state index contributed by atoms with van der Waals surface area (Å²) in [7, 11) is 0. The quantitative estimate of drug-likeness (QED) is 0.366. The fourth-order valence-electron chi connectivity index (χ4n) is 5.23. The predicted octanol–water partition coefficient (Wildman–Crippen LogP) is 3.32. The van der Waals surface area contributed by atoms with Crippen molar-refractivity contribution in [3.05, 3.63) is 65.7 Å². The van der Waals surface area contributed by atoms with Crippen LogP contribution in [0.4, 0.5) is 13.2 Å². The Hall–Kier alpha value is -3.44. The number of nitrogens with one attached hydrogen (secondary N) is 1. The molecule has 2 heterocycles. The lowest BCUT2D eigenvalue weighted by atomic mass is 9.76. The largest absolute Gasteiger partial charge is 0.573 e. The van der Waals surface area contributed by atoms with Gasteiger partial charge in [-0.15, -0.1) is 13.2 Å². The number of benzene rings is 2. The Bertz CT molecular complexity index is 1160. The number of carboxylic acids is 1. The molecule has 4 unspecified atom stereocenters. The summed E-state index contributed by atoms with van der Waals surface area (Å²) in [6.07, 6.45) is -4.30. The van der Waals surface area contributed by atoms with Crippen LogP contribution in [0.5, 0.6) is 5.75 Å². The van der Waals surface area contributed by atoms with E-state index in [9.17, 15) is 32.7 Å². The zero-order valence-corrected chi connectivity index (χ0v) is 20.0. The Morgan fingerprint density at radius 1 is 1.08 bits per heavy atom. The number of halogens is 3. The molecule has 2 N–H and O–H groups in total. The molecule has 11 heteroatoms. The summed E-state index contributed by atoms with van der Waals surface area (Å²) in [5, 5.41) is 13.4. The molecule has 4 rings (SSSR count). The zero-order valence-electron chi connectivity index (χ0n) is 20.0. The summed E-state index contributed by atoms with van der Waals surface area (Å²) in [4.78, 5) is 40.9. The van der Waals surface area contributed by atoms with Crippen LogP contribution in [0, 0.1) is 11.8 Å². The van der Waals surface area contributed by atoms with E-state index in [2.05, 4.69) is 10.1 Å². The summed E-state index contributed by atoms with van der Waals surface area (Å²) in [5.41, 5.74) is -1.04. The van der Waals surface area contributed by atoms with Crippen LogP contribution in [0.15, 0.2) is 54.6 Å². The summed E-state index contributed by atoms with van der Waals surface area (Å²) in [6, 6.07) is 12.6. The van der Waals surface area contributed by atoms with E-state index in [1.807, 2.05) is 6.92 Å². The third-order valence-corrected chi connectivity index (χ3v) is 6.71. The Labute approximate surface area is 211 Å². The van der Waals surface area contributed by atoms with Crippen LogP contribution < -0.4 is 10.1 Å². The molecule has 2 aliphatic heterocycles. The standard InChI is InChI=1S/C26H27F3N2O6/c1-2-12-36-13-11-31-22(32)19-20(23(31)33)25(24(34)35,15-16-7-4-3-5-8-16)30-21(19)17-9-6-10-18(14-17)37-26(27,28)29/h3-10,14,19-21,30H,2,11-13,15H2,1H3,(H,34,35). The van der Waals surface area contributed by atoms with Crippen LogP contribution in [0.2, 0.25) is 0 Å². The van der Waals surface area contributed by atoms with Gasteiger partial charge in [-0.1, -0.05) is 49.4 Å². The van der Waals surface area contributed by atoms with Crippen LogP contribution in [0.1, 0.15) is 30.5 Å². The Morgan fingerprint density at radius 2 is 1.81 bits per heavy atom. The summed E-state index contributed by atoms with van der Waals surface area (Å²) < 4.78 is 48.0. The van der Waals surface area contributed by atoms with E-state index in [4.69, 9.17) is 4.74 Å². The third-order valence-electron chi connectivity index (χ3n) is 6.71. The van der Waals surface area contributed by atoms with E-state index in [-0.39, 0.29) is 25.1 Å². The van der Waals surface area contributed by atoms with Crippen LogP contribution in [0.3, 0.4) is 0 Å². The highest BCUT2D eigenvalue weighted by atomic mass is 19.4. The maximum atomic E-state index is 13.6. The van der Waals surface area contributed by atoms with Gasteiger partial charge in [-0.3, -0.25) is 24.6 Å². The molecule has 2 aromatic carbocycles. The molecule has 2 aliphatic rings. The van der Waals surface area contributed by atoms with Crippen molar-refractivity contribution >= 4 is 17.8 Å². The first-order chi connectivity index (χ1) is 17.6. The van der Waals surface area contributed by atoms with E-state index in [1.54, 1.807) is 30.3 Å². The van der Waals surface area contributed by atoms with Crippen molar-refractivity contribution in [1.82, 2.24) is 10.2 Å². The predicted molar refractivity (Wildman–Crippen MR) is 124 cm³/mol. The molecule has 2 aromatic rings. The smallest absolute Gasteiger partial charge is 0.480 e. The van der Waals surface area contributed by atoms with E-state index in [0.717, 1.165) is 23.5 Å². The van der Waals surface area contributed by atoms with Gasteiger partial charge >= 0.3 is 12.3 Å². The summed E-state index contributed by atoms with van der Waals surface area (Å²) in [5.74, 6) is -5.50. The van der Waals surface area contributed by atoms with Crippen molar-refractivity contribution in [2.45, 2.75) is 37.7 Å². The number of alkyl halides is 3. The lowest BCUT2D eigenvalue weighted by molar-refractivity contribution is -0.274. The van der Waals surface area contributed by atoms with Gasteiger partial charge in [-0.2, -0.15) is 0 Å². The number of carbonyl (C=O) groups is 3. The molecular weight excluding hydrogens is 493 g/mol. The van der Waals surface area contributed by atoms with Crippen LogP contribution in [-0.4, -0.2) is 59.4 Å².